The van der Waals surface area contributed by atoms with Crippen molar-refractivity contribution in [2.24, 2.45) is 0 Å². The summed E-state index contributed by atoms with van der Waals surface area (Å²) in [7, 11) is 0. The quantitative estimate of drug-likeness (QED) is 0.0626. The van der Waals surface area contributed by atoms with E-state index in [4.69, 9.17) is 0 Å². The Hall–Kier alpha value is -2.61. The van der Waals surface area contributed by atoms with Gasteiger partial charge in [-0.2, -0.15) is 4.58 Å². The van der Waals surface area contributed by atoms with E-state index >= 15 is 0 Å². The molecule has 0 saturated heterocycles. The molecule has 2 heterocycles. The molecule has 2 aromatic rings. The first-order valence-electron chi connectivity index (χ1n) is 22.8. The molecule has 0 aromatic heterocycles. The van der Waals surface area contributed by atoms with E-state index in [0.29, 0.717) is 0 Å². The van der Waals surface area contributed by atoms with Gasteiger partial charge in [-0.15, -0.1) is 0 Å². The lowest BCUT2D eigenvalue weighted by Crippen LogP contribution is -2.28. The molecule has 0 radical (unpaired) electrons. The van der Waals surface area contributed by atoms with Gasteiger partial charge in [0, 0.05) is 47.5 Å². The van der Waals surface area contributed by atoms with Crippen LogP contribution in [0.2, 0.25) is 0 Å². The second-order valence-corrected chi connectivity index (χ2v) is 17.7. The molecule has 2 nitrogen and oxygen atoms in total. The van der Waals surface area contributed by atoms with Gasteiger partial charge in [0.15, 0.2) is 5.71 Å². The SMILES string of the molecule is CCCCCCCCCCCCCCN1/C(=C\C=C\C2=[N+](CCCCCCCCCCCCCC)c3ccccc3C2(C)C)C(C)(C)c2ccccc21. The molecule has 4 rings (SSSR count). The van der Waals surface area contributed by atoms with Crippen LogP contribution in [-0.4, -0.2) is 23.4 Å². The average molecular weight is 722 g/mol. The zero-order valence-corrected chi connectivity index (χ0v) is 35.6. The fourth-order valence-corrected chi connectivity index (χ4v) is 9.22. The number of nitrogens with zero attached hydrogens (tertiary/aromatic N) is 2. The standard InChI is InChI=1S/C51H81N2/c1-7-9-11-13-15-17-19-21-23-25-27-33-42-52-46-38-31-29-36-44(46)50(3,4)48(52)40-35-41-49-51(5,6)45-37-30-32-39-47(45)53(49)43-34-28-26-24-22-20-18-16-14-12-10-8-2/h29-32,35-41H,7-28,33-34,42-43H2,1-6H3/q+1. The van der Waals surface area contributed by atoms with Crippen molar-refractivity contribution in [3.8, 4) is 0 Å². The summed E-state index contributed by atoms with van der Waals surface area (Å²) in [5.41, 5.74) is 8.63. The van der Waals surface area contributed by atoms with Crippen LogP contribution in [0.25, 0.3) is 0 Å². The van der Waals surface area contributed by atoms with Crippen molar-refractivity contribution in [3.05, 3.63) is 83.6 Å². The minimum atomic E-state index is -0.00831. The first kappa shape index (κ1) is 43.1. The van der Waals surface area contributed by atoms with Crippen LogP contribution in [0.3, 0.4) is 0 Å². The normalized spacial score (nSPS) is 16.7. The minimum absolute atomic E-state index is 0.00831. The van der Waals surface area contributed by atoms with Gasteiger partial charge < -0.3 is 4.90 Å². The number of hydrogen-bond acceptors (Lipinski definition) is 1. The molecule has 0 fully saturated rings. The fraction of sp³-hybridized carbons (Fsp3) is 0.667. The molecule has 0 atom stereocenters. The number of unbranched alkanes of at least 4 members (excludes halogenated alkanes) is 22. The fourth-order valence-electron chi connectivity index (χ4n) is 9.22. The number of fused-ring (bicyclic) bond motifs is 2. The zero-order chi connectivity index (χ0) is 37.8. The summed E-state index contributed by atoms with van der Waals surface area (Å²) in [6.45, 7) is 16.5. The first-order chi connectivity index (χ1) is 25.8. The van der Waals surface area contributed by atoms with Crippen molar-refractivity contribution in [3.63, 3.8) is 0 Å². The molecule has 53 heavy (non-hydrogen) atoms. The molecule has 0 spiro atoms. The van der Waals surface area contributed by atoms with E-state index in [2.05, 4.69) is 118 Å². The minimum Gasteiger partial charge on any atom is -0.344 e. The molecule has 0 saturated carbocycles. The van der Waals surface area contributed by atoms with E-state index < -0.39 is 0 Å². The second kappa shape index (κ2) is 23.3. The molecular formula is C51H81N2+. The van der Waals surface area contributed by atoms with Crippen molar-refractivity contribution in [1.82, 2.24) is 0 Å². The van der Waals surface area contributed by atoms with E-state index in [1.807, 2.05) is 0 Å². The molecule has 294 valence electrons. The van der Waals surface area contributed by atoms with Gasteiger partial charge in [0.05, 0.1) is 5.41 Å². The van der Waals surface area contributed by atoms with Crippen LogP contribution in [0, 0.1) is 0 Å². The number of anilines is 1. The molecule has 2 aliphatic rings. The maximum atomic E-state index is 2.65. The molecule has 0 unspecified atom stereocenters. The highest BCUT2D eigenvalue weighted by atomic mass is 15.2. The van der Waals surface area contributed by atoms with E-state index in [1.54, 1.807) is 0 Å². The Balaban J connectivity index is 1.34. The third kappa shape index (κ3) is 12.7. The summed E-state index contributed by atoms with van der Waals surface area (Å²) in [4.78, 5) is 2.65. The Morgan fingerprint density at radius 2 is 0.962 bits per heavy atom. The van der Waals surface area contributed by atoms with Gasteiger partial charge in [-0.3, -0.25) is 0 Å². The molecule has 0 amide bonds. The maximum absolute atomic E-state index is 2.65. The molecular weight excluding hydrogens is 641 g/mol. The highest BCUT2D eigenvalue weighted by molar-refractivity contribution is 6.03. The molecule has 0 N–H and O–H groups in total. The van der Waals surface area contributed by atoms with E-state index in [0.717, 1.165) is 13.1 Å². The van der Waals surface area contributed by atoms with Crippen molar-refractivity contribution < 1.29 is 4.58 Å². The Morgan fingerprint density at radius 3 is 1.51 bits per heavy atom. The molecule has 2 heteroatoms. The number of rotatable bonds is 28. The third-order valence-electron chi connectivity index (χ3n) is 12.6. The monoisotopic (exact) mass is 722 g/mol. The Bertz CT molecular complexity index is 1420. The van der Waals surface area contributed by atoms with Crippen LogP contribution in [0.4, 0.5) is 11.4 Å². The number of allylic oxidation sites excluding steroid dienone is 4. The van der Waals surface area contributed by atoms with Crippen LogP contribution in [0.5, 0.6) is 0 Å². The second-order valence-electron chi connectivity index (χ2n) is 17.7. The summed E-state index contributed by atoms with van der Waals surface area (Å²) in [5, 5.41) is 0. The maximum Gasteiger partial charge on any atom is 0.209 e. The highest BCUT2D eigenvalue weighted by Gasteiger charge is 2.44. The van der Waals surface area contributed by atoms with Crippen LogP contribution in [-0.2, 0) is 10.8 Å². The molecule has 2 aliphatic heterocycles. The van der Waals surface area contributed by atoms with Gasteiger partial charge in [-0.05, 0) is 44.4 Å². The first-order valence-corrected chi connectivity index (χ1v) is 22.8. The van der Waals surface area contributed by atoms with Crippen LogP contribution in [0.15, 0.2) is 72.5 Å². The van der Waals surface area contributed by atoms with Gasteiger partial charge >= 0.3 is 0 Å². The highest BCUT2D eigenvalue weighted by Crippen LogP contribution is 2.48. The predicted octanol–water partition coefficient (Wildman–Crippen LogP) is 15.7. The van der Waals surface area contributed by atoms with Crippen LogP contribution >= 0.6 is 0 Å². The van der Waals surface area contributed by atoms with E-state index in [9.17, 15) is 0 Å². The van der Waals surface area contributed by atoms with E-state index in [-0.39, 0.29) is 10.8 Å². The molecule has 0 aliphatic carbocycles. The topological polar surface area (TPSA) is 6.25 Å². The lowest BCUT2D eigenvalue weighted by molar-refractivity contribution is -0.438. The number of hydrogen-bond donors (Lipinski definition) is 0. The Morgan fingerprint density at radius 1 is 0.509 bits per heavy atom. The average Bonchev–Trinajstić information content (AvgIpc) is 3.51. The molecule has 2 aromatic carbocycles. The van der Waals surface area contributed by atoms with Gasteiger partial charge in [-0.25, -0.2) is 0 Å². The van der Waals surface area contributed by atoms with Crippen molar-refractivity contribution in [1.29, 1.82) is 0 Å². The lowest BCUT2D eigenvalue weighted by Gasteiger charge is -2.27. The zero-order valence-electron chi connectivity index (χ0n) is 35.6. The third-order valence-corrected chi connectivity index (χ3v) is 12.6. The summed E-state index contributed by atoms with van der Waals surface area (Å²) < 4.78 is 2.65. The van der Waals surface area contributed by atoms with E-state index in [1.165, 1.54) is 188 Å². The van der Waals surface area contributed by atoms with Crippen molar-refractivity contribution >= 4 is 17.1 Å². The Kier molecular flexibility index (Phi) is 19.0. The Labute approximate surface area is 328 Å². The predicted molar refractivity (Wildman–Crippen MR) is 235 cm³/mol. The summed E-state index contributed by atoms with van der Waals surface area (Å²) in [6.07, 6.45) is 40.7. The van der Waals surface area contributed by atoms with Crippen LogP contribution in [0.1, 0.15) is 207 Å². The smallest absolute Gasteiger partial charge is 0.209 e. The number of benzene rings is 2. The van der Waals surface area contributed by atoms with Crippen molar-refractivity contribution in [2.45, 2.75) is 206 Å². The summed E-state index contributed by atoms with van der Waals surface area (Å²) in [5.74, 6) is 0. The molecule has 0 bridgehead atoms. The van der Waals surface area contributed by atoms with Crippen LogP contribution < -0.4 is 4.90 Å². The lowest BCUT2D eigenvalue weighted by atomic mass is 9.81. The van der Waals surface area contributed by atoms with Gasteiger partial charge in [0.1, 0.15) is 6.54 Å². The van der Waals surface area contributed by atoms with Gasteiger partial charge in [0.2, 0.25) is 5.69 Å². The summed E-state index contributed by atoms with van der Waals surface area (Å²) >= 11 is 0. The largest absolute Gasteiger partial charge is 0.344 e. The van der Waals surface area contributed by atoms with Gasteiger partial charge in [-0.1, -0.05) is 205 Å². The number of para-hydroxylation sites is 2. The van der Waals surface area contributed by atoms with Gasteiger partial charge in [0.25, 0.3) is 0 Å². The summed E-state index contributed by atoms with van der Waals surface area (Å²) in [6, 6.07) is 18.3. The van der Waals surface area contributed by atoms with Crippen molar-refractivity contribution in [2.75, 3.05) is 18.0 Å².